The molecule has 1 rings (SSSR count). The summed E-state index contributed by atoms with van der Waals surface area (Å²) in [7, 11) is 3.02. The Balaban J connectivity index is 3.02. The zero-order valence-electron chi connectivity index (χ0n) is 6.22. The maximum absolute atomic E-state index is 5.68. The van der Waals surface area contributed by atoms with E-state index in [0.717, 1.165) is 0 Å². The molecule has 0 aliphatic carbocycles. The lowest BCUT2D eigenvalue weighted by atomic mass is 10.4. The smallest absolute Gasteiger partial charge is 0.225 e. The molecular weight excluding hydrogens is 166 g/mol. The second-order valence-electron chi connectivity index (χ2n) is 1.77. The zero-order valence-corrected chi connectivity index (χ0v) is 6.97. The van der Waals surface area contributed by atoms with Crippen molar-refractivity contribution >= 4 is 11.6 Å². The molecule has 1 aromatic rings. The largest absolute Gasteiger partial charge is 0.494 e. The summed E-state index contributed by atoms with van der Waals surface area (Å²) in [6.07, 6.45) is 1.45. The third-order valence-corrected chi connectivity index (χ3v) is 1.40. The number of rotatable bonds is 2. The fraction of sp³-hybridized carbons (Fsp3) is 0.286. The second kappa shape index (κ2) is 3.44. The van der Waals surface area contributed by atoms with Crippen LogP contribution in [0.4, 0.5) is 0 Å². The lowest BCUT2D eigenvalue weighted by Gasteiger charge is -2.02. The molecule has 0 unspecified atom stereocenters. The molecule has 0 fully saturated rings. The van der Waals surface area contributed by atoms with E-state index < -0.39 is 0 Å². The zero-order chi connectivity index (χ0) is 8.27. The van der Waals surface area contributed by atoms with E-state index in [0.29, 0.717) is 16.7 Å². The average Bonchev–Trinajstić information content (AvgIpc) is 2.05. The fourth-order valence-corrected chi connectivity index (χ4v) is 0.788. The van der Waals surface area contributed by atoms with Crippen LogP contribution in [-0.2, 0) is 0 Å². The summed E-state index contributed by atoms with van der Waals surface area (Å²) in [5.41, 5.74) is 0. The first-order chi connectivity index (χ1) is 5.27. The predicted molar refractivity (Wildman–Crippen MR) is 41.2 cm³/mol. The van der Waals surface area contributed by atoms with Crippen LogP contribution in [0.1, 0.15) is 0 Å². The first-order valence-corrected chi connectivity index (χ1v) is 3.31. The maximum Gasteiger partial charge on any atom is 0.225 e. The number of nitrogens with zero attached hydrogens (tertiary/aromatic N) is 1. The van der Waals surface area contributed by atoms with Crippen LogP contribution in [0.25, 0.3) is 0 Å². The Morgan fingerprint density at radius 2 is 2.18 bits per heavy atom. The number of hydrogen-bond acceptors (Lipinski definition) is 3. The van der Waals surface area contributed by atoms with Gasteiger partial charge in [-0.15, -0.1) is 0 Å². The highest BCUT2D eigenvalue weighted by Crippen LogP contribution is 2.24. The van der Waals surface area contributed by atoms with Gasteiger partial charge < -0.3 is 9.47 Å². The van der Waals surface area contributed by atoms with E-state index in [1.807, 2.05) is 0 Å². The number of aromatic nitrogens is 1. The normalized spacial score (nSPS) is 9.36. The Labute approximate surface area is 69.9 Å². The van der Waals surface area contributed by atoms with Gasteiger partial charge in [0.15, 0.2) is 5.75 Å². The first kappa shape index (κ1) is 8.14. The van der Waals surface area contributed by atoms with Gasteiger partial charge in [0.05, 0.1) is 26.5 Å². The van der Waals surface area contributed by atoms with Crippen molar-refractivity contribution in [3.05, 3.63) is 17.3 Å². The molecule has 3 nitrogen and oxygen atoms in total. The summed E-state index contributed by atoms with van der Waals surface area (Å²) in [6.45, 7) is 0. The van der Waals surface area contributed by atoms with Gasteiger partial charge in [-0.1, -0.05) is 11.6 Å². The van der Waals surface area contributed by atoms with Crippen molar-refractivity contribution in [2.45, 2.75) is 0 Å². The molecule has 1 radical (unpaired) electrons. The molecule has 1 aromatic heterocycles. The van der Waals surface area contributed by atoms with Gasteiger partial charge in [0.1, 0.15) is 5.02 Å². The van der Waals surface area contributed by atoms with E-state index in [4.69, 9.17) is 21.1 Å². The molecule has 59 valence electrons. The molecule has 0 bridgehead atoms. The van der Waals surface area contributed by atoms with E-state index in [1.54, 1.807) is 0 Å². The molecule has 11 heavy (non-hydrogen) atoms. The average molecular weight is 173 g/mol. The Kier molecular flexibility index (Phi) is 2.54. The van der Waals surface area contributed by atoms with Crippen molar-refractivity contribution < 1.29 is 9.47 Å². The van der Waals surface area contributed by atoms with Gasteiger partial charge in [-0.05, 0) is 0 Å². The number of halogens is 1. The molecule has 0 saturated carbocycles. The van der Waals surface area contributed by atoms with Crippen LogP contribution in [-0.4, -0.2) is 19.2 Å². The van der Waals surface area contributed by atoms with Crippen molar-refractivity contribution in [3.8, 4) is 11.6 Å². The molecule has 0 spiro atoms. The highest BCUT2D eigenvalue weighted by atomic mass is 35.5. The Hall–Kier alpha value is -0.960. The Morgan fingerprint density at radius 1 is 1.45 bits per heavy atom. The molecule has 0 aliphatic rings. The van der Waals surface area contributed by atoms with Crippen LogP contribution in [0.2, 0.25) is 5.02 Å². The van der Waals surface area contributed by atoms with Crippen LogP contribution in [0, 0.1) is 6.07 Å². The van der Waals surface area contributed by atoms with E-state index in [2.05, 4.69) is 11.1 Å². The first-order valence-electron chi connectivity index (χ1n) is 2.93. The van der Waals surface area contributed by atoms with E-state index in [-0.39, 0.29) is 0 Å². The van der Waals surface area contributed by atoms with Gasteiger partial charge in [-0.3, -0.25) is 0 Å². The highest BCUT2D eigenvalue weighted by Gasteiger charge is 2.02. The van der Waals surface area contributed by atoms with E-state index >= 15 is 0 Å². The van der Waals surface area contributed by atoms with Gasteiger partial charge in [-0.25, -0.2) is 4.98 Å². The summed E-state index contributed by atoms with van der Waals surface area (Å²) in [4.78, 5) is 3.82. The summed E-state index contributed by atoms with van der Waals surface area (Å²) in [5, 5.41) is 0.424. The fourth-order valence-electron chi connectivity index (χ4n) is 0.615. The molecule has 4 heteroatoms. The minimum absolute atomic E-state index is 0.367. The standard InChI is InChI=1S/C7H7ClNO2/c1-10-6-3-7(11-2)9-4-5(6)8/h4H,1-2H3. The summed E-state index contributed by atoms with van der Waals surface area (Å²) in [5.74, 6) is 0.810. The molecule has 0 amide bonds. The van der Waals surface area contributed by atoms with Crippen molar-refractivity contribution in [3.63, 3.8) is 0 Å². The quantitative estimate of drug-likeness (QED) is 0.679. The van der Waals surface area contributed by atoms with Gasteiger partial charge in [0.25, 0.3) is 0 Å². The lowest BCUT2D eigenvalue weighted by molar-refractivity contribution is 0.381. The van der Waals surface area contributed by atoms with Crippen LogP contribution in [0.5, 0.6) is 11.6 Å². The Bertz CT molecular complexity index is 252. The minimum atomic E-state index is 0.367. The van der Waals surface area contributed by atoms with E-state index in [9.17, 15) is 0 Å². The van der Waals surface area contributed by atoms with Crippen molar-refractivity contribution in [1.29, 1.82) is 0 Å². The van der Waals surface area contributed by atoms with Crippen LogP contribution in [0.3, 0.4) is 0 Å². The molecule has 1 heterocycles. The molecule has 0 saturated heterocycles. The highest BCUT2D eigenvalue weighted by molar-refractivity contribution is 6.31. The maximum atomic E-state index is 5.68. The number of hydrogen-bond donors (Lipinski definition) is 0. The Morgan fingerprint density at radius 3 is 2.73 bits per heavy atom. The van der Waals surface area contributed by atoms with Crippen molar-refractivity contribution in [2.24, 2.45) is 0 Å². The van der Waals surface area contributed by atoms with Crippen LogP contribution in [0.15, 0.2) is 6.20 Å². The molecule has 0 aromatic carbocycles. The monoisotopic (exact) mass is 172 g/mol. The van der Waals surface area contributed by atoms with Crippen molar-refractivity contribution in [1.82, 2.24) is 4.98 Å². The number of ether oxygens (including phenoxy) is 2. The number of pyridine rings is 1. The summed E-state index contributed by atoms with van der Waals surface area (Å²) < 4.78 is 9.69. The SMILES string of the molecule is COc1[c]c(OC)c(Cl)cn1. The van der Waals surface area contributed by atoms with Gasteiger partial charge in [0.2, 0.25) is 5.88 Å². The number of methoxy groups -OCH3 is 2. The predicted octanol–water partition coefficient (Wildman–Crippen LogP) is 1.55. The van der Waals surface area contributed by atoms with Crippen LogP contribution >= 0.6 is 11.6 Å². The third kappa shape index (κ3) is 1.74. The molecule has 0 N–H and O–H groups in total. The van der Waals surface area contributed by atoms with Gasteiger partial charge in [0, 0.05) is 0 Å². The van der Waals surface area contributed by atoms with Crippen molar-refractivity contribution in [2.75, 3.05) is 14.2 Å². The summed E-state index contributed by atoms with van der Waals surface area (Å²) >= 11 is 5.68. The molecule has 0 aliphatic heterocycles. The van der Waals surface area contributed by atoms with E-state index in [1.165, 1.54) is 20.4 Å². The van der Waals surface area contributed by atoms with Gasteiger partial charge >= 0.3 is 0 Å². The minimum Gasteiger partial charge on any atom is -0.494 e. The molecular formula is C7H7ClNO2. The summed E-state index contributed by atoms with van der Waals surface area (Å²) in [6, 6.07) is 2.72. The topological polar surface area (TPSA) is 31.4 Å². The van der Waals surface area contributed by atoms with Gasteiger partial charge in [-0.2, -0.15) is 0 Å². The van der Waals surface area contributed by atoms with Crippen LogP contribution < -0.4 is 9.47 Å². The second-order valence-corrected chi connectivity index (χ2v) is 2.18. The lowest BCUT2D eigenvalue weighted by Crippen LogP contribution is -1.90. The molecule has 0 atom stereocenters. The third-order valence-electron chi connectivity index (χ3n) is 1.13.